The van der Waals surface area contributed by atoms with Gasteiger partial charge in [-0.05, 0) is 18.2 Å². The maximum absolute atomic E-state index is 12.8. The molecule has 0 unspecified atom stereocenters. The Labute approximate surface area is 165 Å². The number of fused-ring (bicyclic) bond motifs is 2. The van der Waals surface area contributed by atoms with Gasteiger partial charge in [0.25, 0.3) is 11.8 Å². The quantitative estimate of drug-likeness (QED) is 0.469. The third kappa shape index (κ3) is 2.37. The first kappa shape index (κ1) is 17.1. The number of rotatable bonds is 4. The summed E-state index contributed by atoms with van der Waals surface area (Å²) in [7, 11) is 3.10. The molecule has 144 valence electrons. The number of aromatic nitrogens is 2. The van der Waals surface area contributed by atoms with Crippen LogP contribution in [-0.2, 0) is 9.59 Å². The average molecular weight is 387 g/mol. The molecule has 7 heteroatoms. The van der Waals surface area contributed by atoms with Crippen LogP contribution in [0.4, 0.5) is 0 Å². The molecular formula is C22H17N3O4. The van der Waals surface area contributed by atoms with Gasteiger partial charge in [0, 0.05) is 34.4 Å². The van der Waals surface area contributed by atoms with E-state index in [1.807, 2.05) is 30.3 Å². The number of amides is 2. The third-order valence-corrected chi connectivity index (χ3v) is 5.25. The van der Waals surface area contributed by atoms with Gasteiger partial charge in [0.1, 0.15) is 0 Å². The predicted molar refractivity (Wildman–Crippen MR) is 110 cm³/mol. The fourth-order valence-electron chi connectivity index (χ4n) is 3.98. The van der Waals surface area contributed by atoms with E-state index in [1.165, 1.54) is 0 Å². The number of hydrogen-bond donors (Lipinski definition) is 3. The number of para-hydroxylation sites is 1. The highest BCUT2D eigenvalue weighted by atomic mass is 16.5. The van der Waals surface area contributed by atoms with Crippen LogP contribution in [0.2, 0.25) is 0 Å². The summed E-state index contributed by atoms with van der Waals surface area (Å²) in [5.74, 6) is 0.172. The van der Waals surface area contributed by atoms with Gasteiger partial charge in [-0.15, -0.1) is 0 Å². The van der Waals surface area contributed by atoms with E-state index in [4.69, 9.17) is 9.47 Å². The van der Waals surface area contributed by atoms with Gasteiger partial charge in [0.15, 0.2) is 11.5 Å². The number of aromatic amines is 2. The van der Waals surface area contributed by atoms with Gasteiger partial charge in [-0.1, -0.05) is 18.2 Å². The first-order chi connectivity index (χ1) is 14.1. The van der Waals surface area contributed by atoms with Crippen molar-refractivity contribution in [3.63, 3.8) is 0 Å². The molecule has 1 aliphatic rings. The Balaban J connectivity index is 1.86. The fraction of sp³-hybridized carbons (Fsp3) is 0.0909. The number of nitrogens with one attached hydrogen (secondary N) is 3. The van der Waals surface area contributed by atoms with Crippen molar-refractivity contribution in [1.29, 1.82) is 0 Å². The highest BCUT2D eigenvalue weighted by Gasteiger charge is 2.35. The largest absolute Gasteiger partial charge is 0.493 e. The highest BCUT2D eigenvalue weighted by molar-refractivity contribution is 6.51. The Bertz CT molecular complexity index is 1340. The van der Waals surface area contributed by atoms with Gasteiger partial charge < -0.3 is 19.4 Å². The van der Waals surface area contributed by atoms with Crippen molar-refractivity contribution in [3.05, 3.63) is 59.9 Å². The van der Waals surface area contributed by atoms with E-state index < -0.39 is 11.8 Å². The zero-order valence-corrected chi connectivity index (χ0v) is 15.8. The molecule has 3 heterocycles. The Morgan fingerprint density at radius 2 is 1.45 bits per heavy atom. The number of hydrogen-bond acceptors (Lipinski definition) is 4. The lowest BCUT2D eigenvalue weighted by atomic mass is 9.95. The molecule has 0 radical (unpaired) electrons. The molecule has 2 aromatic carbocycles. The molecule has 0 saturated carbocycles. The lowest BCUT2D eigenvalue weighted by Gasteiger charge is -2.10. The number of imide groups is 1. The molecule has 5 rings (SSSR count). The van der Waals surface area contributed by atoms with Crippen LogP contribution in [0.3, 0.4) is 0 Å². The van der Waals surface area contributed by atoms with Crippen LogP contribution in [-0.4, -0.2) is 36.0 Å². The molecule has 7 nitrogen and oxygen atoms in total. The number of benzene rings is 2. The fourth-order valence-corrected chi connectivity index (χ4v) is 3.98. The normalized spacial score (nSPS) is 14.1. The van der Waals surface area contributed by atoms with Crippen LogP contribution >= 0.6 is 0 Å². The number of carbonyl (C=O) groups is 2. The number of H-pyrrole nitrogens is 2. The van der Waals surface area contributed by atoms with Crippen molar-refractivity contribution < 1.29 is 19.1 Å². The first-order valence-corrected chi connectivity index (χ1v) is 9.03. The molecule has 0 spiro atoms. The number of carbonyl (C=O) groups excluding carboxylic acids is 2. The van der Waals surface area contributed by atoms with Gasteiger partial charge in [0.2, 0.25) is 0 Å². The molecule has 0 aliphatic carbocycles. The second-order valence-corrected chi connectivity index (χ2v) is 6.71. The minimum Gasteiger partial charge on any atom is -0.493 e. The summed E-state index contributed by atoms with van der Waals surface area (Å²) in [5.41, 5.74) is 3.56. The summed E-state index contributed by atoms with van der Waals surface area (Å²) in [6.45, 7) is 0. The summed E-state index contributed by atoms with van der Waals surface area (Å²) < 4.78 is 11.0. The van der Waals surface area contributed by atoms with Gasteiger partial charge in [-0.2, -0.15) is 0 Å². The van der Waals surface area contributed by atoms with Crippen molar-refractivity contribution in [2.75, 3.05) is 14.2 Å². The van der Waals surface area contributed by atoms with Crippen LogP contribution in [0.1, 0.15) is 11.1 Å². The monoisotopic (exact) mass is 387 g/mol. The van der Waals surface area contributed by atoms with E-state index in [1.54, 1.807) is 32.7 Å². The van der Waals surface area contributed by atoms with Gasteiger partial charge >= 0.3 is 0 Å². The summed E-state index contributed by atoms with van der Waals surface area (Å²) in [4.78, 5) is 31.9. The van der Waals surface area contributed by atoms with Gasteiger partial charge in [0.05, 0.1) is 36.3 Å². The lowest BCUT2D eigenvalue weighted by molar-refractivity contribution is -0.122. The molecule has 0 fully saturated rings. The van der Waals surface area contributed by atoms with E-state index in [0.717, 1.165) is 16.4 Å². The Hall–Kier alpha value is -4.00. The van der Waals surface area contributed by atoms with E-state index in [-0.39, 0.29) is 0 Å². The van der Waals surface area contributed by atoms with Crippen LogP contribution in [0, 0.1) is 0 Å². The molecule has 1 aliphatic heterocycles. The summed E-state index contributed by atoms with van der Waals surface area (Å²) in [6, 6.07) is 11.3. The first-order valence-electron chi connectivity index (χ1n) is 9.03. The average Bonchev–Trinajstić information content (AvgIpc) is 3.41. The van der Waals surface area contributed by atoms with Crippen LogP contribution in [0.25, 0.3) is 33.0 Å². The lowest BCUT2D eigenvalue weighted by Crippen LogP contribution is -2.22. The zero-order valence-electron chi connectivity index (χ0n) is 15.8. The zero-order chi connectivity index (χ0) is 20.1. The molecule has 0 saturated heterocycles. The second kappa shape index (κ2) is 6.27. The van der Waals surface area contributed by atoms with Crippen molar-refractivity contribution in [3.8, 4) is 11.5 Å². The number of methoxy groups -OCH3 is 2. The van der Waals surface area contributed by atoms with E-state index in [9.17, 15) is 9.59 Å². The summed E-state index contributed by atoms with van der Waals surface area (Å²) in [5, 5.41) is 3.99. The number of ether oxygens (including phenoxy) is 2. The highest BCUT2D eigenvalue weighted by Crippen LogP contribution is 2.43. The van der Waals surface area contributed by atoms with Gasteiger partial charge in [-0.3, -0.25) is 14.9 Å². The maximum atomic E-state index is 12.8. The minimum atomic E-state index is -0.443. The van der Waals surface area contributed by atoms with Crippen LogP contribution in [0.5, 0.6) is 11.5 Å². The summed E-state index contributed by atoms with van der Waals surface area (Å²) in [6.07, 6.45) is 3.47. The second-order valence-electron chi connectivity index (χ2n) is 6.71. The van der Waals surface area contributed by atoms with E-state index in [2.05, 4.69) is 15.3 Å². The van der Waals surface area contributed by atoms with Crippen molar-refractivity contribution in [2.45, 2.75) is 0 Å². The van der Waals surface area contributed by atoms with Crippen LogP contribution < -0.4 is 14.8 Å². The Morgan fingerprint density at radius 1 is 0.759 bits per heavy atom. The van der Waals surface area contributed by atoms with Crippen LogP contribution in [0.15, 0.2) is 48.8 Å². The molecule has 2 amide bonds. The van der Waals surface area contributed by atoms with E-state index in [0.29, 0.717) is 39.2 Å². The summed E-state index contributed by atoms with van der Waals surface area (Å²) >= 11 is 0. The Morgan fingerprint density at radius 3 is 2.21 bits per heavy atom. The maximum Gasteiger partial charge on any atom is 0.259 e. The van der Waals surface area contributed by atoms with Gasteiger partial charge in [-0.25, -0.2) is 0 Å². The van der Waals surface area contributed by atoms with E-state index >= 15 is 0 Å². The van der Waals surface area contributed by atoms with Crippen molar-refractivity contribution in [2.24, 2.45) is 0 Å². The third-order valence-electron chi connectivity index (χ3n) is 5.25. The predicted octanol–water partition coefficient (Wildman–Crippen LogP) is 3.23. The standard InChI is InChI=1S/C22H17N3O4/c1-28-16-8-7-15-17(20(16)29-2)13(10-24-15)19-18(21(26)25-22(19)27)12-9-23-14-6-4-3-5-11(12)14/h3-10,23-24H,1-2H3,(H,25,26,27). The minimum absolute atomic E-state index is 0.303. The molecular weight excluding hydrogens is 370 g/mol. The van der Waals surface area contributed by atoms with Crippen molar-refractivity contribution >= 4 is 44.8 Å². The molecule has 0 atom stereocenters. The topological polar surface area (TPSA) is 96.2 Å². The molecule has 2 aromatic heterocycles. The smallest absolute Gasteiger partial charge is 0.259 e. The Kier molecular flexibility index (Phi) is 3.70. The van der Waals surface area contributed by atoms with Crippen molar-refractivity contribution in [1.82, 2.24) is 15.3 Å². The molecule has 0 bridgehead atoms. The molecule has 29 heavy (non-hydrogen) atoms. The molecule has 4 aromatic rings. The SMILES string of the molecule is COc1ccc2[nH]cc(C3=C(c4c[nH]c5ccccc45)C(=O)NC3=O)c2c1OC. The molecule has 3 N–H and O–H groups in total.